The summed E-state index contributed by atoms with van der Waals surface area (Å²) >= 11 is 0. The molecule has 0 amide bonds. The fourth-order valence-corrected chi connectivity index (χ4v) is 8.02. The van der Waals surface area contributed by atoms with Crippen LogP contribution < -0.4 is 0 Å². The molecule has 262 valence electrons. The van der Waals surface area contributed by atoms with Gasteiger partial charge in [0.2, 0.25) is 0 Å². The predicted molar refractivity (Wildman–Crippen MR) is 229 cm³/mol. The zero-order chi connectivity index (χ0) is 37.0. The van der Waals surface area contributed by atoms with E-state index in [0.29, 0.717) is 17.5 Å². The SMILES string of the molecule is c1ccc(-c2cccc(-c3nc(-c4ccccc4)nc(-c4cc(-c5ccccc5)cc5oc6cc(-n7c8ccccc8c8ccccc87)ccc6c45)n3)c2)cc1. The van der Waals surface area contributed by atoms with Gasteiger partial charge in [-0.3, -0.25) is 0 Å². The molecule has 0 unspecified atom stereocenters. The molecular formula is C51H32N4O. The van der Waals surface area contributed by atoms with Crippen LogP contribution >= 0.6 is 0 Å². The van der Waals surface area contributed by atoms with Crippen LogP contribution in [0.25, 0.3) is 106 Å². The van der Waals surface area contributed by atoms with Gasteiger partial charge < -0.3 is 8.98 Å². The van der Waals surface area contributed by atoms with E-state index in [1.54, 1.807) is 0 Å². The number of hydrogen-bond acceptors (Lipinski definition) is 4. The summed E-state index contributed by atoms with van der Waals surface area (Å²) in [7, 11) is 0. The molecule has 0 aliphatic heterocycles. The summed E-state index contributed by atoms with van der Waals surface area (Å²) in [6, 6.07) is 67.3. The van der Waals surface area contributed by atoms with Crippen molar-refractivity contribution in [3.8, 4) is 62.1 Å². The van der Waals surface area contributed by atoms with Crippen molar-refractivity contribution in [2.75, 3.05) is 0 Å². The van der Waals surface area contributed by atoms with Gasteiger partial charge in [0.05, 0.1) is 11.0 Å². The number of furan rings is 1. The summed E-state index contributed by atoms with van der Waals surface area (Å²) in [6.45, 7) is 0. The lowest BCUT2D eigenvalue weighted by atomic mass is 9.98. The second-order valence-corrected chi connectivity index (χ2v) is 14.0. The van der Waals surface area contributed by atoms with Crippen molar-refractivity contribution in [1.82, 2.24) is 19.5 Å². The molecule has 5 heteroatoms. The van der Waals surface area contributed by atoms with Gasteiger partial charge in [0, 0.05) is 50.0 Å². The molecule has 0 atom stereocenters. The Morgan fingerprint density at radius 1 is 0.339 bits per heavy atom. The van der Waals surface area contributed by atoms with E-state index in [4.69, 9.17) is 19.4 Å². The number of hydrogen-bond donors (Lipinski definition) is 0. The maximum Gasteiger partial charge on any atom is 0.164 e. The average Bonchev–Trinajstić information content (AvgIpc) is 3.82. The molecule has 0 radical (unpaired) electrons. The monoisotopic (exact) mass is 716 g/mol. The lowest BCUT2D eigenvalue weighted by Crippen LogP contribution is -2.01. The van der Waals surface area contributed by atoms with Crippen molar-refractivity contribution in [3.05, 3.63) is 194 Å². The molecule has 0 aliphatic rings. The first-order valence-corrected chi connectivity index (χ1v) is 18.8. The van der Waals surface area contributed by atoms with Crippen LogP contribution in [0, 0.1) is 0 Å². The molecule has 5 nitrogen and oxygen atoms in total. The Labute approximate surface area is 322 Å². The van der Waals surface area contributed by atoms with Crippen molar-refractivity contribution in [2.45, 2.75) is 0 Å². The first-order valence-electron chi connectivity index (χ1n) is 18.8. The minimum absolute atomic E-state index is 0.580. The molecule has 8 aromatic carbocycles. The first kappa shape index (κ1) is 31.9. The first-order chi connectivity index (χ1) is 27.7. The van der Waals surface area contributed by atoms with Crippen molar-refractivity contribution < 1.29 is 4.42 Å². The van der Waals surface area contributed by atoms with Gasteiger partial charge in [0.25, 0.3) is 0 Å². The smallest absolute Gasteiger partial charge is 0.164 e. The number of para-hydroxylation sites is 2. The summed E-state index contributed by atoms with van der Waals surface area (Å²) < 4.78 is 9.17. The minimum Gasteiger partial charge on any atom is -0.456 e. The second kappa shape index (κ2) is 13.0. The lowest BCUT2D eigenvalue weighted by Gasteiger charge is -2.12. The molecule has 0 spiro atoms. The van der Waals surface area contributed by atoms with Crippen molar-refractivity contribution in [2.24, 2.45) is 0 Å². The summed E-state index contributed by atoms with van der Waals surface area (Å²) in [5.41, 5.74) is 11.9. The minimum atomic E-state index is 0.580. The van der Waals surface area contributed by atoms with E-state index in [0.717, 1.165) is 77.6 Å². The zero-order valence-corrected chi connectivity index (χ0v) is 30.2. The molecule has 11 rings (SSSR count). The quantitative estimate of drug-likeness (QED) is 0.172. The standard InChI is InChI=1S/C51H32N4O/c1-4-15-33(16-5-1)36-21-14-22-37(29-36)50-52-49(35-19-8-3-9-20-35)53-51(54-50)43-30-38(34-17-6-2-7-18-34)31-47-48(43)42-28-27-39(32-46(42)56-47)55-44-25-12-10-23-40(44)41-24-11-13-26-45(41)55/h1-32H. The van der Waals surface area contributed by atoms with Gasteiger partial charge in [0.1, 0.15) is 11.2 Å². The topological polar surface area (TPSA) is 56.7 Å². The highest BCUT2D eigenvalue weighted by Gasteiger charge is 2.21. The largest absolute Gasteiger partial charge is 0.456 e. The van der Waals surface area contributed by atoms with Crippen LogP contribution in [-0.4, -0.2) is 19.5 Å². The highest BCUT2D eigenvalue weighted by Crippen LogP contribution is 2.41. The normalized spacial score (nSPS) is 11.6. The predicted octanol–water partition coefficient (Wildman–Crippen LogP) is 13.2. The van der Waals surface area contributed by atoms with Crippen LogP contribution in [0.1, 0.15) is 0 Å². The third-order valence-corrected chi connectivity index (χ3v) is 10.6. The number of rotatable bonds is 6. The summed E-state index contributed by atoms with van der Waals surface area (Å²) in [5, 5.41) is 4.39. The average molecular weight is 717 g/mol. The van der Waals surface area contributed by atoms with E-state index >= 15 is 0 Å². The van der Waals surface area contributed by atoms with E-state index in [1.165, 1.54) is 10.8 Å². The lowest BCUT2D eigenvalue weighted by molar-refractivity contribution is 0.669. The van der Waals surface area contributed by atoms with Crippen LogP contribution in [0.2, 0.25) is 0 Å². The molecule has 3 aromatic heterocycles. The third-order valence-electron chi connectivity index (χ3n) is 10.6. The van der Waals surface area contributed by atoms with Gasteiger partial charge in [0.15, 0.2) is 17.5 Å². The zero-order valence-electron chi connectivity index (χ0n) is 30.2. The van der Waals surface area contributed by atoms with E-state index < -0.39 is 0 Å². The summed E-state index contributed by atoms with van der Waals surface area (Å²) in [5.74, 6) is 1.79. The van der Waals surface area contributed by atoms with E-state index in [1.807, 2.05) is 42.5 Å². The maximum absolute atomic E-state index is 6.85. The Hall–Kier alpha value is -7.63. The van der Waals surface area contributed by atoms with Gasteiger partial charge in [-0.1, -0.05) is 146 Å². The van der Waals surface area contributed by atoms with Gasteiger partial charge >= 0.3 is 0 Å². The summed E-state index contributed by atoms with van der Waals surface area (Å²) in [6.07, 6.45) is 0. The van der Waals surface area contributed by atoms with Gasteiger partial charge in [-0.05, 0) is 64.7 Å². The molecule has 0 saturated carbocycles. The van der Waals surface area contributed by atoms with Gasteiger partial charge in [-0.15, -0.1) is 0 Å². The van der Waals surface area contributed by atoms with Crippen molar-refractivity contribution >= 4 is 43.7 Å². The van der Waals surface area contributed by atoms with Crippen LogP contribution in [-0.2, 0) is 0 Å². The highest BCUT2D eigenvalue weighted by atomic mass is 16.3. The van der Waals surface area contributed by atoms with Crippen LogP contribution in [0.5, 0.6) is 0 Å². The Morgan fingerprint density at radius 2 is 0.875 bits per heavy atom. The van der Waals surface area contributed by atoms with E-state index in [-0.39, 0.29) is 0 Å². The van der Waals surface area contributed by atoms with E-state index in [2.05, 4.69) is 156 Å². The summed E-state index contributed by atoms with van der Waals surface area (Å²) in [4.78, 5) is 15.6. The number of aromatic nitrogens is 4. The maximum atomic E-state index is 6.85. The number of fused-ring (bicyclic) bond motifs is 6. The molecule has 11 aromatic rings. The fourth-order valence-electron chi connectivity index (χ4n) is 8.02. The van der Waals surface area contributed by atoms with Crippen molar-refractivity contribution in [3.63, 3.8) is 0 Å². The Kier molecular flexibility index (Phi) is 7.42. The van der Waals surface area contributed by atoms with Crippen molar-refractivity contribution in [1.29, 1.82) is 0 Å². The van der Waals surface area contributed by atoms with Crippen LogP contribution in [0.4, 0.5) is 0 Å². The third kappa shape index (κ3) is 5.37. The fraction of sp³-hybridized carbons (Fsp3) is 0. The van der Waals surface area contributed by atoms with Crippen LogP contribution in [0.15, 0.2) is 199 Å². The van der Waals surface area contributed by atoms with Gasteiger partial charge in [-0.25, -0.2) is 15.0 Å². The molecular weight excluding hydrogens is 685 g/mol. The highest BCUT2D eigenvalue weighted by molar-refractivity contribution is 6.14. The Balaban J connectivity index is 1.16. The van der Waals surface area contributed by atoms with E-state index in [9.17, 15) is 0 Å². The molecule has 0 fully saturated rings. The van der Waals surface area contributed by atoms with Crippen LogP contribution in [0.3, 0.4) is 0 Å². The molecule has 0 aliphatic carbocycles. The van der Waals surface area contributed by atoms with Gasteiger partial charge in [-0.2, -0.15) is 0 Å². The molecule has 0 saturated heterocycles. The number of nitrogens with zero attached hydrogens (tertiary/aromatic N) is 4. The second-order valence-electron chi connectivity index (χ2n) is 14.0. The Morgan fingerprint density at radius 3 is 1.55 bits per heavy atom. The molecule has 0 N–H and O–H groups in total. The Bertz CT molecular complexity index is 3190. The molecule has 0 bridgehead atoms. The molecule has 3 heterocycles. The number of benzene rings is 8. The molecule has 56 heavy (non-hydrogen) atoms.